The third-order valence-electron chi connectivity index (χ3n) is 11.7. The van der Waals surface area contributed by atoms with Gasteiger partial charge in [0.2, 0.25) is 0 Å². The summed E-state index contributed by atoms with van der Waals surface area (Å²) in [5.74, 6) is -4.00. The van der Waals surface area contributed by atoms with Gasteiger partial charge in [0.15, 0.2) is 34.5 Å². The largest absolute Gasteiger partial charge is 0.446 e. The molecule has 11 aromatic rings. The summed E-state index contributed by atoms with van der Waals surface area (Å²) in [5.41, 5.74) is -0.628. The summed E-state index contributed by atoms with van der Waals surface area (Å²) in [7, 11) is -32.7. The summed E-state index contributed by atoms with van der Waals surface area (Å²) in [6.07, 6.45) is 0. The van der Waals surface area contributed by atoms with Gasteiger partial charge >= 0.3 is 62.4 Å². The van der Waals surface area contributed by atoms with E-state index in [-0.39, 0.29) is 86.7 Å². The maximum absolute atomic E-state index is 12.9. The third-order valence-corrected chi connectivity index (χ3v) is 14.0. The second-order valence-electron chi connectivity index (χ2n) is 16.0. The number of aromatic nitrogens is 2. The van der Waals surface area contributed by atoms with E-state index >= 15 is 0 Å². The Morgan fingerprint density at radius 1 is 0.257 bits per heavy atom. The SMILES string of the molecule is O=S(=O)(O)Oc1c2ccccc2c(OS(=O)(=O)O)c2c1ccc1c3ccc4c(OS(=O)(=O)O)c5c(ccc6[nH]c7c(ccc8c(OS(=O)(=O)O)c9ccccc9c(OS(=O)(=O)O)c87)c65)c(OS(=O)(=O)O)c4c3[nH]c12. The third kappa shape index (κ3) is 8.32. The van der Waals surface area contributed by atoms with Crippen molar-refractivity contribution in [3.05, 3.63) is 97.1 Å². The molecule has 0 fully saturated rings. The highest BCUT2D eigenvalue weighted by molar-refractivity contribution is 7.82. The van der Waals surface area contributed by atoms with Crippen LogP contribution in [0.5, 0.6) is 34.5 Å². The highest BCUT2D eigenvalue weighted by Crippen LogP contribution is 2.54. The first-order valence-electron chi connectivity index (χ1n) is 20.1. The first kappa shape index (κ1) is 48.7. The first-order chi connectivity index (χ1) is 34.4. The number of hydrogen-bond donors (Lipinski definition) is 8. The highest BCUT2D eigenvalue weighted by atomic mass is 32.3. The molecule has 0 spiro atoms. The normalized spacial score (nSPS) is 13.4. The van der Waals surface area contributed by atoms with Crippen molar-refractivity contribution in [1.29, 1.82) is 0 Å². The molecule has 2 heterocycles. The number of nitrogens with one attached hydrogen (secondary N) is 2. The second kappa shape index (κ2) is 16.0. The number of H-pyrrole nitrogens is 2. The van der Waals surface area contributed by atoms with E-state index < -0.39 is 118 Å². The fourth-order valence-electron chi connectivity index (χ4n) is 9.55. The van der Waals surface area contributed by atoms with Crippen molar-refractivity contribution < 1.29 is 103 Å². The van der Waals surface area contributed by atoms with Crippen LogP contribution in [0, 0.1) is 0 Å². The lowest BCUT2D eigenvalue weighted by atomic mass is 9.94. The minimum absolute atomic E-state index is 0.0276. The molecule has 26 nitrogen and oxygen atoms in total. The van der Waals surface area contributed by atoms with E-state index in [1.54, 1.807) is 0 Å². The van der Waals surface area contributed by atoms with Gasteiger partial charge in [0.1, 0.15) is 0 Å². The van der Waals surface area contributed by atoms with Crippen molar-refractivity contribution >= 4 is 171 Å². The van der Waals surface area contributed by atoms with Gasteiger partial charge in [-0.2, -0.15) is 50.5 Å². The average molecular weight is 1130 g/mol. The van der Waals surface area contributed by atoms with E-state index in [2.05, 4.69) is 9.97 Å². The van der Waals surface area contributed by atoms with Crippen LogP contribution in [0.2, 0.25) is 0 Å². The lowest BCUT2D eigenvalue weighted by Gasteiger charge is -2.17. The lowest BCUT2D eigenvalue weighted by molar-refractivity contribution is 0.385. The molecule has 382 valence electrons. The maximum atomic E-state index is 12.9. The summed E-state index contributed by atoms with van der Waals surface area (Å²) >= 11 is 0. The quantitative estimate of drug-likeness (QED) is 0.0452. The number of fused-ring (bicyclic) bond motifs is 16. The molecule has 0 unspecified atom stereocenters. The number of aromatic amines is 2. The van der Waals surface area contributed by atoms with Crippen LogP contribution in [0.25, 0.3) is 108 Å². The molecule has 2 aromatic heterocycles. The zero-order valence-electron chi connectivity index (χ0n) is 35.7. The van der Waals surface area contributed by atoms with Gasteiger partial charge in [0.25, 0.3) is 0 Å². The van der Waals surface area contributed by atoms with E-state index in [4.69, 9.17) is 25.1 Å². The van der Waals surface area contributed by atoms with Crippen LogP contribution in [0.15, 0.2) is 97.1 Å². The molecular weight excluding hydrogens is 1110 g/mol. The van der Waals surface area contributed by atoms with Gasteiger partial charge in [-0.1, -0.05) is 66.7 Å². The fraction of sp³-hybridized carbons (Fsp3) is 0. The van der Waals surface area contributed by atoms with E-state index in [1.165, 1.54) is 78.9 Å². The Morgan fingerprint density at radius 2 is 0.514 bits per heavy atom. The van der Waals surface area contributed by atoms with Gasteiger partial charge in [0, 0.05) is 75.5 Å². The molecule has 0 saturated heterocycles. The van der Waals surface area contributed by atoms with Crippen LogP contribution in [-0.2, 0) is 62.4 Å². The van der Waals surface area contributed by atoms with Crippen LogP contribution < -0.4 is 25.1 Å². The second-order valence-corrected chi connectivity index (χ2v) is 22.2. The number of rotatable bonds is 12. The van der Waals surface area contributed by atoms with Crippen LogP contribution in [0.3, 0.4) is 0 Å². The Kier molecular flexibility index (Phi) is 10.5. The predicted octanol–water partition coefficient (Wildman–Crippen LogP) is 6.96. The molecule has 0 aliphatic rings. The van der Waals surface area contributed by atoms with E-state index in [0.29, 0.717) is 0 Å². The van der Waals surface area contributed by atoms with E-state index in [9.17, 15) is 77.8 Å². The molecule has 0 radical (unpaired) electrons. The van der Waals surface area contributed by atoms with Crippen LogP contribution in [0.1, 0.15) is 0 Å². The standard InChI is InChI=1S/C42H24N2O24S6/c45-69(46,47)63-37-19-5-1-3-7-21(19)39(65-71(51,52)53)31-25(37)12-9-17-18-10-13-27-33(35(18)44-34(17)31)42(68-74(60,61)62)24-15-16-28-29(30(24)41(27)67-73(57,58)59)23-11-14-26-32(36(23)43-28)40(66-72(54,55)56)22-8-4-2-6-20(22)38(26)64-70(48,49)50/h1-16,43-44H,(H,45,46,47)(H,48,49,50)(H,51,52,53)(H,54,55,56)(H,57,58,59)(H,60,61,62). The van der Waals surface area contributed by atoms with Crippen molar-refractivity contribution in [2.75, 3.05) is 0 Å². The summed E-state index contributed by atoms with van der Waals surface area (Å²) in [4.78, 5) is 5.93. The molecule has 11 rings (SSSR count). The Labute approximate surface area is 412 Å². The van der Waals surface area contributed by atoms with Crippen molar-refractivity contribution in [1.82, 2.24) is 9.97 Å². The molecule has 32 heteroatoms. The van der Waals surface area contributed by atoms with Gasteiger partial charge in [-0.15, -0.1) is 0 Å². The highest BCUT2D eigenvalue weighted by Gasteiger charge is 2.32. The Morgan fingerprint density at radius 3 is 0.892 bits per heavy atom. The van der Waals surface area contributed by atoms with E-state index in [1.807, 2.05) is 0 Å². The molecule has 0 aliphatic carbocycles. The van der Waals surface area contributed by atoms with Crippen LogP contribution in [0.4, 0.5) is 0 Å². The summed E-state index contributed by atoms with van der Waals surface area (Å²) in [6, 6.07) is 20.4. The molecule has 9 aromatic carbocycles. The van der Waals surface area contributed by atoms with Crippen molar-refractivity contribution in [2.45, 2.75) is 0 Å². The van der Waals surface area contributed by atoms with E-state index in [0.717, 1.165) is 18.2 Å². The predicted molar refractivity (Wildman–Crippen MR) is 263 cm³/mol. The Bertz CT molecular complexity index is 5140. The van der Waals surface area contributed by atoms with Gasteiger partial charge in [-0.05, 0) is 30.3 Å². The van der Waals surface area contributed by atoms with Gasteiger partial charge in [-0.25, -0.2) is 0 Å². The minimum atomic E-state index is -5.61. The molecule has 0 bridgehead atoms. The van der Waals surface area contributed by atoms with Gasteiger partial charge < -0.3 is 35.1 Å². The molecular formula is C42H24N2O24S6. The van der Waals surface area contributed by atoms with Gasteiger partial charge in [-0.3, -0.25) is 27.3 Å². The maximum Gasteiger partial charge on any atom is 0.446 e. The average Bonchev–Trinajstić information content (AvgIpc) is 3.85. The summed E-state index contributed by atoms with van der Waals surface area (Å²) < 4.78 is 242. The van der Waals surface area contributed by atoms with Crippen LogP contribution in [-0.4, -0.2) is 87.8 Å². The Balaban J connectivity index is 1.35. The molecule has 0 saturated carbocycles. The number of hydrogen-bond acceptors (Lipinski definition) is 18. The molecule has 0 aliphatic heterocycles. The number of benzene rings is 9. The smallest absolute Gasteiger partial charge is 0.360 e. The zero-order chi connectivity index (χ0) is 53.0. The molecule has 0 amide bonds. The monoisotopic (exact) mass is 1130 g/mol. The summed E-state index contributed by atoms with van der Waals surface area (Å²) in [5, 5.41) is -3.76. The van der Waals surface area contributed by atoms with Crippen molar-refractivity contribution in [2.24, 2.45) is 0 Å². The topological polar surface area (TPSA) is 413 Å². The lowest BCUT2D eigenvalue weighted by Crippen LogP contribution is -2.10. The van der Waals surface area contributed by atoms with Crippen molar-refractivity contribution in [3.63, 3.8) is 0 Å². The molecule has 8 N–H and O–H groups in total. The molecule has 0 atom stereocenters. The van der Waals surface area contributed by atoms with Crippen LogP contribution >= 0.6 is 0 Å². The minimum Gasteiger partial charge on any atom is -0.360 e. The summed E-state index contributed by atoms with van der Waals surface area (Å²) in [6.45, 7) is 0. The first-order valence-corrected chi connectivity index (χ1v) is 28.3. The van der Waals surface area contributed by atoms with Crippen molar-refractivity contribution in [3.8, 4) is 34.5 Å². The van der Waals surface area contributed by atoms with Gasteiger partial charge in [0.05, 0.1) is 32.7 Å². The zero-order valence-corrected chi connectivity index (χ0v) is 40.6. The Hall–Kier alpha value is -7.60. The fourth-order valence-corrected chi connectivity index (χ4v) is 11.9. The molecule has 74 heavy (non-hydrogen) atoms.